The molecule has 0 N–H and O–H groups in total. The van der Waals surface area contributed by atoms with Crippen molar-refractivity contribution in [2.45, 2.75) is 24.1 Å². The van der Waals surface area contributed by atoms with Gasteiger partial charge in [-0.25, -0.2) is 4.39 Å². The number of thioether (sulfide) groups is 1. The number of halogens is 3. The first-order chi connectivity index (χ1) is 13.1. The van der Waals surface area contributed by atoms with Crippen LogP contribution in [-0.2, 0) is 18.9 Å². The second-order valence-electron chi connectivity index (χ2n) is 5.51. The van der Waals surface area contributed by atoms with E-state index in [1.165, 1.54) is 17.8 Å². The number of hydrogen-bond acceptors (Lipinski definition) is 4. The fourth-order valence-electron chi connectivity index (χ4n) is 2.36. The number of benzene rings is 2. The van der Waals surface area contributed by atoms with Crippen LogP contribution in [0.1, 0.15) is 11.4 Å². The maximum atomic E-state index is 14.0. The fraction of sp³-hybridized carbons (Fsp3) is 0.158. The largest absolute Gasteiger partial charge is 0.484 e. The molecule has 27 heavy (non-hydrogen) atoms. The Hall–Kier alpha value is -2.02. The minimum atomic E-state index is -0.341. The normalized spacial score (nSPS) is 10.8. The molecule has 0 unspecified atom stereocenters. The van der Waals surface area contributed by atoms with E-state index in [0.717, 1.165) is 0 Å². The van der Waals surface area contributed by atoms with Crippen molar-refractivity contribution >= 4 is 35.0 Å². The van der Waals surface area contributed by atoms with Crippen molar-refractivity contribution < 1.29 is 9.13 Å². The minimum absolute atomic E-state index is 0.200. The summed E-state index contributed by atoms with van der Waals surface area (Å²) in [6.45, 7) is 4.47. The van der Waals surface area contributed by atoms with Crippen LogP contribution in [-0.4, -0.2) is 14.8 Å². The zero-order valence-electron chi connectivity index (χ0n) is 14.2. The Morgan fingerprint density at radius 1 is 1.11 bits per heavy atom. The van der Waals surface area contributed by atoms with Crippen molar-refractivity contribution in [1.82, 2.24) is 14.8 Å². The maximum absolute atomic E-state index is 14.0. The molecule has 0 amide bonds. The Labute approximate surface area is 171 Å². The number of nitrogens with zero attached hydrogens (tertiary/aromatic N) is 3. The molecule has 1 aromatic heterocycles. The van der Waals surface area contributed by atoms with Gasteiger partial charge in [0.1, 0.15) is 18.2 Å². The van der Waals surface area contributed by atoms with Gasteiger partial charge in [-0.1, -0.05) is 59.2 Å². The zero-order chi connectivity index (χ0) is 19.2. The van der Waals surface area contributed by atoms with Gasteiger partial charge in [-0.05, 0) is 24.3 Å². The molecule has 0 aliphatic rings. The molecule has 4 nitrogen and oxygen atoms in total. The monoisotopic (exact) mass is 423 g/mol. The van der Waals surface area contributed by atoms with Gasteiger partial charge in [0.25, 0.3) is 0 Å². The first-order valence-electron chi connectivity index (χ1n) is 8.06. The number of rotatable bonds is 8. The molecular formula is C19H16Cl2FN3OS. The highest BCUT2D eigenvalue weighted by atomic mass is 35.5. The Bertz CT molecular complexity index is 928. The molecule has 0 atom stereocenters. The average molecular weight is 424 g/mol. The molecule has 0 bridgehead atoms. The molecule has 0 aliphatic carbocycles. The smallest absolute Gasteiger partial charge is 0.191 e. The second kappa shape index (κ2) is 9.26. The Morgan fingerprint density at radius 3 is 2.63 bits per heavy atom. The van der Waals surface area contributed by atoms with Crippen LogP contribution in [0.4, 0.5) is 4.39 Å². The number of hydrogen-bond donors (Lipinski definition) is 0. The molecule has 0 spiro atoms. The second-order valence-corrected chi connectivity index (χ2v) is 7.26. The predicted octanol–water partition coefficient (Wildman–Crippen LogP) is 5.78. The van der Waals surface area contributed by atoms with E-state index in [1.807, 2.05) is 16.7 Å². The Kier molecular flexibility index (Phi) is 6.77. The zero-order valence-corrected chi connectivity index (χ0v) is 16.6. The molecule has 3 rings (SSSR count). The van der Waals surface area contributed by atoms with Gasteiger partial charge in [0, 0.05) is 22.9 Å². The van der Waals surface area contributed by atoms with E-state index < -0.39 is 0 Å². The van der Waals surface area contributed by atoms with Gasteiger partial charge in [0.2, 0.25) is 0 Å². The lowest BCUT2D eigenvalue weighted by atomic mass is 10.2. The van der Waals surface area contributed by atoms with Crippen molar-refractivity contribution in [3.8, 4) is 5.75 Å². The van der Waals surface area contributed by atoms with Gasteiger partial charge in [0.15, 0.2) is 11.0 Å². The summed E-state index contributed by atoms with van der Waals surface area (Å²) >= 11 is 13.5. The highest BCUT2D eigenvalue weighted by molar-refractivity contribution is 7.98. The van der Waals surface area contributed by atoms with Crippen LogP contribution >= 0.6 is 35.0 Å². The highest BCUT2D eigenvalue weighted by Crippen LogP contribution is 2.29. The van der Waals surface area contributed by atoms with Crippen LogP contribution in [0.15, 0.2) is 60.3 Å². The van der Waals surface area contributed by atoms with Gasteiger partial charge >= 0.3 is 0 Å². The van der Waals surface area contributed by atoms with Crippen LogP contribution in [0.5, 0.6) is 5.75 Å². The standard InChI is InChI=1S/C19H16Cl2FN3OS/c1-2-10-25-18(11-26-17-9-4-3-6-15(17)21)23-24-19(25)27-12-13-14(20)7-5-8-16(13)22/h2-9H,1,10-12H2. The van der Waals surface area contributed by atoms with E-state index in [1.54, 1.807) is 30.3 Å². The molecule has 0 saturated heterocycles. The molecule has 8 heteroatoms. The summed E-state index contributed by atoms with van der Waals surface area (Å²) < 4.78 is 21.6. The third kappa shape index (κ3) is 4.83. The highest BCUT2D eigenvalue weighted by Gasteiger charge is 2.15. The van der Waals surface area contributed by atoms with Crippen molar-refractivity contribution in [1.29, 1.82) is 0 Å². The van der Waals surface area contributed by atoms with Crippen molar-refractivity contribution in [2.75, 3.05) is 0 Å². The van der Waals surface area contributed by atoms with Crippen molar-refractivity contribution in [2.24, 2.45) is 0 Å². The third-order valence-electron chi connectivity index (χ3n) is 3.71. The van der Waals surface area contributed by atoms with Gasteiger partial charge in [-0.3, -0.25) is 4.57 Å². The average Bonchev–Trinajstić information content (AvgIpc) is 3.03. The summed E-state index contributed by atoms with van der Waals surface area (Å²) in [4.78, 5) is 0. The molecule has 0 fully saturated rings. The summed E-state index contributed by atoms with van der Waals surface area (Å²) in [5.41, 5.74) is 0.436. The number of aromatic nitrogens is 3. The van der Waals surface area contributed by atoms with E-state index >= 15 is 0 Å². The predicted molar refractivity (Wildman–Crippen MR) is 107 cm³/mol. The lowest BCUT2D eigenvalue weighted by Crippen LogP contribution is -2.07. The molecule has 3 aromatic rings. The molecular weight excluding hydrogens is 408 g/mol. The van der Waals surface area contributed by atoms with Crippen LogP contribution in [0, 0.1) is 5.82 Å². The summed E-state index contributed by atoms with van der Waals surface area (Å²) in [5.74, 6) is 1.19. The summed E-state index contributed by atoms with van der Waals surface area (Å²) in [6.07, 6.45) is 1.74. The van der Waals surface area contributed by atoms with Gasteiger partial charge < -0.3 is 4.74 Å². The SMILES string of the molecule is C=CCn1c(COc2ccccc2Cl)nnc1SCc1c(F)cccc1Cl. The molecule has 2 aromatic carbocycles. The van der Waals surface area contributed by atoms with Crippen molar-refractivity contribution in [3.63, 3.8) is 0 Å². The van der Waals surface area contributed by atoms with E-state index in [-0.39, 0.29) is 12.4 Å². The minimum Gasteiger partial charge on any atom is -0.484 e. The van der Waals surface area contributed by atoms with Crippen LogP contribution in [0.3, 0.4) is 0 Å². The number of allylic oxidation sites excluding steroid dienone is 1. The van der Waals surface area contributed by atoms with E-state index in [0.29, 0.717) is 44.6 Å². The molecule has 0 aliphatic heterocycles. The third-order valence-corrected chi connectivity index (χ3v) is 5.37. The molecule has 140 valence electrons. The van der Waals surface area contributed by atoms with Gasteiger partial charge in [0.05, 0.1) is 5.02 Å². The molecule has 0 radical (unpaired) electrons. The van der Waals surface area contributed by atoms with E-state index in [2.05, 4.69) is 16.8 Å². The summed E-state index contributed by atoms with van der Waals surface area (Å²) in [6, 6.07) is 11.8. The molecule has 1 heterocycles. The first kappa shape index (κ1) is 19.7. The van der Waals surface area contributed by atoms with Crippen molar-refractivity contribution in [3.05, 3.63) is 82.4 Å². The van der Waals surface area contributed by atoms with E-state index in [4.69, 9.17) is 27.9 Å². The Morgan fingerprint density at radius 2 is 1.89 bits per heavy atom. The van der Waals surface area contributed by atoms with Gasteiger partial charge in [-0.15, -0.1) is 16.8 Å². The van der Waals surface area contributed by atoms with Crippen LogP contribution < -0.4 is 4.74 Å². The van der Waals surface area contributed by atoms with Crippen LogP contribution in [0.2, 0.25) is 10.0 Å². The quantitative estimate of drug-likeness (QED) is 0.340. The lowest BCUT2D eigenvalue weighted by Gasteiger charge is -2.10. The Balaban J connectivity index is 1.75. The number of para-hydroxylation sites is 1. The lowest BCUT2D eigenvalue weighted by molar-refractivity contribution is 0.289. The maximum Gasteiger partial charge on any atom is 0.191 e. The topological polar surface area (TPSA) is 39.9 Å². The molecule has 0 saturated carbocycles. The van der Waals surface area contributed by atoms with Gasteiger partial charge in [-0.2, -0.15) is 0 Å². The number of ether oxygens (including phenoxy) is 1. The van der Waals surface area contributed by atoms with Crippen LogP contribution in [0.25, 0.3) is 0 Å². The first-order valence-corrected chi connectivity index (χ1v) is 9.80. The summed E-state index contributed by atoms with van der Waals surface area (Å²) in [5, 5.41) is 9.92. The summed E-state index contributed by atoms with van der Waals surface area (Å²) in [7, 11) is 0. The van der Waals surface area contributed by atoms with E-state index in [9.17, 15) is 4.39 Å². The fourth-order valence-corrected chi connectivity index (χ4v) is 3.86.